The molecule has 2 rings (SSSR count). The van der Waals surface area contributed by atoms with E-state index in [1.165, 1.54) is 0 Å². The second-order valence-electron chi connectivity index (χ2n) is 6.53. The number of aromatic nitrogens is 3. The third-order valence-corrected chi connectivity index (χ3v) is 4.23. The Labute approximate surface area is 168 Å². The number of aliphatic hydroxyl groups excluding tert-OH is 4. The van der Waals surface area contributed by atoms with Crippen LogP contribution in [0.15, 0.2) is 6.20 Å². The summed E-state index contributed by atoms with van der Waals surface area (Å²) in [6.07, 6.45) is -3.91. The smallest absolute Gasteiger partial charge is 0.186 e. The Bertz CT molecular complexity index is 562. The highest BCUT2D eigenvalue weighted by Gasteiger charge is 2.42. The van der Waals surface area contributed by atoms with Crippen LogP contribution in [0.4, 0.5) is 0 Å². The monoisotopic (exact) mass is 421 g/mol. The molecule has 1 aromatic heterocycles. The number of ether oxygens (including phenoxy) is 5. The summed E-state index contributed by atoms with van der Waals surface area (Å²) in [7, 11) is 0. The summed E-state index contributed by atoms with van der Waals surface area (Å²) in [5.74, 6) is 0. The molecule has 12 heteroatoms. The predicted molar refractivity (Wildman–Crippen MR) is 96.7 cm³/mol. The molecule has 1 fully saturated rings. The van der Waals surface area contributed by atoms with E-state index in [4.69, 9.17) is 28.8 Å². The van der Waals surface area contributed by atoms with Crippen LogP contribution in [0.1, 0.15) is 12.6 Å². The number of aliphatic hydroxyl groups is 4. The standard InChI is InChI=1S/C17H31N3O9/c1-12-14(22)15(23)16(24)17(29-12)28-11-13-10-20(19-18-13)2-4-25-6-8-27-9-7-26-5-3-21/h10,12,14-17,21-24H,2-9,11H2,1H3/t12?,14-,15?,16-,17-/m1/s1. The zero-order valence-corrected chi connectivity index (χ0v) is 16.5. The second kappa shape index (κ2) is 13.2. The van der Waals surface area contributed by atoms with E-state index in [2.05, 4.69) is 10.3 Å². The lowest BCUT2D eigenvalue weighted by atomic mass is 10.0. The van der Waals surface area contributed by atoms with E-state index < -0.39 is 30.7 Å². The van der Waals surface area contributed by atoms with Gasteiger partial charge in [-0.2, -0.15) is 0 Å². The molecule has 168 valence electrons. The van der Waals surface area contributed by atoms with Crippen molar-refractivity contribution in [3.8, 4) is 0 Å². The first kappa shape index (κ1) is 24.1. The zero-order chi connectivity index (χ0) is 21.1. The normalized spacial score (nSPS) is 27.4. The van der Waals surface area contributed by atoms with Crippen LogP contribution in [-0.2, 0) is 36.8 Å². The molecule has 1 saturated heterocycles. The van der Waals surface area contributed by atoms with Gasteiger partial charge in [-0.15, -0.1) is 5.10 Å². The Morgan fingerprint density at radius 3 is 2.31 bits per heavy atom. The van der Waals surface area contributed by atoms with Crippen molar-refractivity contribution in [3.63, 3.8) is 0 Å². The lowest BCUT2D eigenvalue weighted by molar-refractivity contribution is -0.296. The first-order chi connectivity index (χ1) is 14.0. The van der Waals surface area contributed by atoms with E-state index in [-0.39, 0.29) is 13.2 Å². The number of rotatable bonds is 14. The van der Waals surface area contributed by atoms with Crippen LogP contribution in [0.25, 0.3) is 0 Å². The molecule has 0 bridgehead atoms. The minimum atomic E-state index is -1.35. The summed E-state index contributed by atoms with van der Waals surface area (Å²) >= 11 is 0. The van der Waals surface area contributed by atoms with Gasteiger partial charge in [-0.1, -0.05) is 5.21 Å². The number of hydrogen-bond acceptors (Lipinski definition) is 11. The second-order valence-corrected chi connectivity index (χ2v) is 6.53. The van der Waals surface area contributed by atoms with Crippen LogP contribution >= 0.6 is 0 Å². The molecule has 5 atom stereocenters. The van der Waals surface area contributed by atoms with Crippen LogP contribution in [-0.4, -0.2) is 112 Å². The molecule has 2 heterocycles. The molecule has 29 heavy (non-hydrogen) atoms. The van der Waals surface area contributed by atoms with Crippen LogP contribution in [0.3, 0.4) is 0 Å². The third-order valence-electron chi connectivity index (χ3n) is 4.23. The molecular formula is C17H31N3O9. The van der Waals surface area contributed by atoms with Gasteiger partial charge in [0, 0.05) is 0 Å². The molecule has 1 aromatic rings. The van der Waals surface area contributed by atoms with Crippen LogP contribution in [0.2, 0.25) is 0 Å². The number of hydrogen-bond donors (Lipinski definition) is 4. The highest BCUT2D eigenvalue weighted by molar-refractivity contribution is 4.91. The molecular weight excluding hydrogens is 390 g/mol. The van der Waals surface area contributed by atoms with E-state index in [1.807, 2.05) is 0 Å². The van der Waals surface area contributed by atoms with E-state index in [9.17, 15) is 15.3 Å². The molecule has 0 spiro atoms. The SMILES string of the molecule is CC1O[C@@H](OCc2cn(CCOCCOCCOCCO)nn2)[C@H](O)C(O)[C@@H]1O. The van der Waals surface area contributed by atoms with Gasteiger partial charge in [0.05, 0.1) is 71.7 Å². The fourth-order valence-electron chi connectivity index (χ4n) is 2.60. The molecule has 0 radical (unpaired) electrons. The molecule has 0 saturated carbocycles. The van der Waals surface area contributed by atoms with Crippen molar-refractivity contribution < 1.29 is 44.1 Å². The zero-order valence-electron chi connectivity index (χ0n) is 16.5. The van der Waals surface area contributed by atoms with Gasteiger partial charge in [0.25, 0.3) is 0 Å². The van der Waals surface area contributed by atoms with E-state index in [0.29, 0.717) is 51.9 Å². The Kier molecular flexibility index (Phi) is 10.9. The molecule has 1 aliphatic heterocycles. The quantitative estimate of drug-likeness (QED) is 0.239. The topological polar surface area (TPSA) is 158 Å². The molecule has 0 aliphatic carbocycles. The maximum atomic E-state index is 9.92. The molecule has 4 N–H and O–H groups in total. The van der Waals surface area contributed by atoms with Crippen molar-refractivity contribution in [3.05, 3.63) is 11.9 Å². The van der Waals surface area contributed by atoms with Gasteiger partial charge in [-0.05, 0) is 6.92 Å². The third kappa shape index (κ3) is 8.20. The summed E-state index contributed by atoms with van der Waals surface area (Å²) in [6.45, 7) is 4.63. The highest BCUT2D eigenvalue weighted by atomic mass is 16.7. The Morgan fingerprint density at radius 1 is 0.966 bits per heavy atom. The van der Waals surface area contributed by atoms with Crippen molar-refractivity contribution in [1.82, 2.24) is 15.0 Å². The summed E-state index contributed by atoms with van der Waals surface area (Å²) in [5.41, 5.74) is 0.528. The molecule has 0 aromatic carbocycles. The fourth-order valence-corrected chi connectivity index (χ4v) is 2.60. The Balaban J connectivity index is 1.56. The van der Waals surface area contributed by atoms with Crippen LogP contribution < -0.4 is 0 Å². The number of nitrogens with zero attached hydrogens (tertiary/aromatic N) is 3. The van der Waals surface area contributed by atoms with Gasteiger partial charge in [-0.3, -0.25) is 0 Å². The average Bonchev–Trinajstić information content (AvgIpc) is 3.17. The van der Waals surface area contributed by atoms with Gasteiger partial charge >= 0.3 is 0 Å². The Hall–Kier alpha value is -1.22. The first-order valence-corrected chi connectivity index (χ1v) is 9.57. The summed E-state index contributed by atoms with van der Waals surface area (Å²) in [4.78, 5) is 0. The van der Waals surface area contributed by atoms with E-state index in [0.717, 1.165) is 0 Å². The van der Waals surface area contributed by atoms with Gasteiger partial charge in [0.1, 0.15) is 24.0 Å². The summed E-state index contributed by atoms with van der Waals surface area (Å²) in [5, 5.41) is 45.9. The van der Waals surface area contributed by atoms with E-state index in [1.54, 1.807) is 17.8 Å². The van der Waals surface area contributed by atoms with Crippen molar-refractivity contribution in [2.45, 2.75) is 50.8 Å². The van der Waals surface area contributed by atoms with Crippen molar-refractivity contribution >= 4 is 0 Å². The fraction of sp³-hybridized carbons (Fsp3) is 0.882. The lowest BCUT2D eigenvalue weighted by Crippen LogP contribution is -2.57. The van der Waals surface area contributed by atoms with Crippen molar-refractivity contribution in [2.24, 2.45) is 0 Å². The minimum absolute atomic E-state index is 0.00200. The van der Waals surface area contributed by atoms with Crippen LogP contribution in [0, 0.1) is 0 Å². The molecule has 2 unspecified atom stereocenters. The average molecular weight is 421 g/mol. The van der Waals surface area contributed by atoms with Gasteiger partial charge in [0.2, 0.25) is 0 Å². The van der Waals surface area contributed by atoms with Gasteiger partial charge < -0.3 is 44.1 Å². The first-order valence-electron chi connectivity index (χ1n) is 9.57. The van der Waals surface area contributed by atoms with Gasteiger partial charge in [0.15, 0.2) is 6.29 Å². The van der Waals surface area contributed by atoms with E-state index >= 15 is 0 Å². The van der Waals surface area contributed by atoms with Gasteiger partial charge in [-0.25, -0.2) is 4.68 Å². The summed E-state index contributed by atoms with van der Waals surface area (Å²) in [6, 6.07) is 0. The highest BCUT2D eigenvalue weighted by Crippen LogP contribution is 2.22. The summed E-state index contributed by atoms with van der Waals surface area (Å²) < 4.78 is 28.2. The lowest BCUT2D eigenvalue weighted by Gasteiger charge is -2.38. The van der Waals surface area contributed by atoms with Crippen LogP contribution in [0.5, 0.6) is 0 Å². The largest absolute Gasteiger partial charge is 0.394 e. The predicted octanol–water partition coefficient (Wildman–Crippen LogP) is -2.34. The van der Waals surface area contributed by atoms with Crippen molar-refractivity contribution in [1.29, 1.82) is 0 Å². The molecule has 0 amide bonds. The minimum Gasteiger partial charge on any atom is -0.394 e. The maximum absolute atomic E-state index is 9.92. The Morgan fingerprint density at radius 2 is 1.62 bits per heavy atom. The molecule has 12 nitrogen and oxygen atoms in total. The molecule has 1 aliphatic rings. The van der Waals surface area contributed by atoms with Crippen molar-refractivity contribution in [2.75, 3.05) is 46.2 Å². The maximum Gasteiger partial charge on any atom is 0.186 e.